The van der Waals surface area contributed by atoms with Crippen molar-refractivity contribution in [1.29, 1.82) is 0 Å². The zero-order chi connectivity index (χ0) is 14.8. The lowest BCUT2D eigenvalue weighted by atomic mass is 10.2. The summed E-state index contributed by atoms with van der Waals surface area (Å²) in [6.45, 7) is 0.431. The fraction of sp³-hybridized carbons (Fsp3) is 0.333. The van der Waals surface area contributed by atoms with Gasteiger partial charge in [0.1, 0.15) is 16.5 Å². The minimum Gasteiger partial charge on any atom is -0.346 e. The fourth-order valence-corrected chi connectivity index (χ4v) is 3.07. The van der Waals surface area contributed by atoms with Crippen LogP contribution in [-0.2, 0) is 0 Å². The van der Waals surface area contributed by atoms with Crippen molar-refractivity contribution in [2.45, 2.75) is 18.9 Å². The van der Waals surface area contributed by atoms with Gasteiger partial charge in [-0.2, -0.15) is 0 Å². The molecule has 1 atom stereocenters. The standard InChI is InChI=1S/C15H16FN3OS.2ClH/c16-11-4-2-1-3-10(11)15-19-13(8-21-15)14(20)18-12(7-17)9-5-6-9;;/h1-4,8-9,12H,5-7,17H2,(H,18,20);2*1H. The van der Waals surface area contributed by atoms with Gasteiger partial charge in [-0.25, -0.2) is 9.37 Å². The van der Waals surface area contributed by atoms with Crippen LogP contribution in [0.25, 0.3) is 10.6 Å². The highest BCUT2D eigenvalue weighted by molar-refractivity contribution is 7.13. The van der Waals surface area contributed by atoms with Crippen molar-refractivity contribution < 1.29 is 9.18 Å². The third-order valence-corrected chi connectivity index (χ3v) is 4.48. The minimum absolute atomic E-state index is 0. The van der Waals surface area contributed by atoms with Crippen molar-refractivity contribution in [3.8, 4) is 10.6 Å². The van der Waals surface area contributed by atoms with Crippen molar-refractivity contribution >= 4 is 42.1 Å². The van der Waals surface area contributed by atoms with Crippen molar-refractivity contribution in [2.24, 2.45) is 11.7 Å². The summed E-state index contributed by atoms with van der Waals surface area (Å²) in [7, 11) is 0. The predicted octanol–water partition coefficient (Wildman–Crippen LogP) is 3.26. The number of nitrogens with two attached hydrogens (primary N) is 1. The first-order valence-electron chi connectivity index (χ1n) is 6.90. The summed E-state index contributed by atoms with van der Waals surface area (Å²) < 4.78 is 13.7. The molecule has 1 fully saturated rings. The maximum atomic E-state index is 13.7. The molecular formula is C15H18Cl2FN3OS. The number of hydrogen-bond acceptors (Lipinski definition) is 4. The lowest BCUT2D eigenvalue weighted by Gasteiger charge is -2.14. The van der Waals surface area contributed by atoms with E-state index in [1.807, 2.05) is 0 Å². The number of nitrogens with one attached hydrogen (secondary N) is 1. The molecule has 3 rings (SSSR count). The number of hydrogen-bond donors (Lipinski definition) is 2. The second-order valence-corrected chi connectivity index (χ2v) is 6.03. The molecule has 1 heterocycles. The van der Waals surface area contributed by atoms with Gasteiger partial charge in [0.25, 0.3) is 5.91 Å². The first kappa shape index (κ1) is 19.8. The Labute approximate surface area is 150 Å². The van der Waals surface area contributed by atoms with Crippen molar-refractivity contribution in [2.75, 3.05) is 6.54 Å². The molecule has 2 aromatic rings. The van der Waals surface area contributed by atoms with Gasteiger partial charge in [0.05, 0.1) is 0 Å². The summed E-state index contributed by atoms with van der Waals surface area (Å²) in [5, 5.41) is 5.07. The molecule has 1 aliphatic rings. The van der Waals surface area contributed by atoms with Gasteiger partial charge >= 0.3 is 0 Å². The molecule has 0 bridgehead atoms. The highest BCUT2D eigenvalue weighted by Gasteiger charge is 2.31. The summed E-state index contributed by atoms with van der Waals surface area (Å²) in [4.78, 5) is 16.4. The number of aromatic nitrogens is 1. The monoisotopic (exact) mass is 377 g/mol. The van der Waals surface area contributed by atoms with E-state index in [2.05, 4.69) is 10.3 Å². The average molecular weight is 378 g/mol. The van der Waals surface area contributed by atoms with Crippen molar-refractivity contribution in [1.82, 2.24) is 10.3 Å². The Balaban J connectivity index is 0.00000132. The quantitative estimate of drug-likeness (QED) is 0.839. The molecule has 1 aromatic heterocycles. The number of benzene rings is 1. The summed E-state index contributed by atoms with van der Waals surface area (Å²) in [5.74, 6) is -0.0866. The van der Waals surface area contributed by atoms with Crippen LogP contribution < -0.4 is 11.1 Å². The SMILES string of the molecule is Cl.Cl.NCC(NC(=O)c1csc(-c2ccccc2F)n1)C1CC1. The Morgan fingerprint density at radius 1 is 1.39 bits per heavy atom. The van der Waals surface area contributed by atoms with Crippen molar-refractivity contribution in [3.63, 3.8) is 0 Å². The molecule has 0 spiro atoms. The van der Waals surface area contributed by atoms with E-state index in [1.165, 1.54) is 17.4 Å². The van der Waals surface area contributed by atoms with Crippen molar-refractivity contribution in [3.05, 3.63) is 41.2 Å². The lowest BCUT2D eigenvalue weighted by Crippen LogP contribution is -2.41. The Kier molecular flexibility index (Phi) is 7.41. The third kappa shape index (κ3) is 4.64. The Morgan fingerprint density at radius 3 is 2.70 bits per heavy atom. The first-order valence-corrected chi connectivity index (χ1v) is 7.78. The maximum absolute atomic E-state index is 13.7. The number of thiazole rings is 1. The molecule has 0 saturated heterocycles. The summed E-state index contributed by atoms with van der Waals surface area (Å²) in [6, 6.07) is 6.42. The van der Waals surface area contributed by atoms with E-state index in [0.717, 1.165) is 12.8 Å². The van der Waals surface area contributed by atoms with Gasteiger partial charge < -0.3 is 11.1 Å². The molecule has 1 unspecified atom stereocenters. The molecule has 4 nitrogen and oxygen atoms in total. The van der Waals surface area contributed by atoms with Crippen LogP contribution in [0.15, 0.2) is 29.6 Å². The van der Waals surface area contributed by atoms with E-state index in [9.17, 15) is 9.18 Å². The molecule has 1 aromatic carbocycles. The molecule has 23 heavy (non-hydrogen) atoms. The van der Waals surface area contributed by atoms with E-state index >= 15 is 0 Å². The molecule has 1 aliphatic carbocycles. The smallest absolute Gasteiger partial charge is 0.271 e. The first-order chi connectivity index (χ1) is 10.2. The van der Waals surface area contributed by atoms with Gasteiger partial charge in [0, 0.05) is 23.5 Å². The van der Waals surface area contributed by atoms with E-state index < -0.39 is 0 Å². The fourth-order valence-electron chi connectivity index (χ4n) is 2.25. The van der Waals surface area contributed by atoms with E-state index in [1.54, 1.807) is 23.6 Å². The van der Waals surface area contributed by atoms with Crippen LogP contribution in [0.2, 0.25) is 0 Å². The summed E-state index contributed by atoms with van der Waals surface area (Å²) in [6.07, 6.45) is 2.22. The molecule has 0 aliphatic heterocycles. The topological polar surface area (TPSA) is 68.0 Å². The predicted molar refractivity (Wildman–Crippen MR) is 95.0 cm³/mol. The second kappa shape index (κ2) is 8.59. The lowest BCUT2D eigenvalue weighted by molar-refractivity contribution is 0.0929. The highest BCUT2D eigenvalue weighted by Crippen LogP contribution is 2.32. The molecule has 8 heteroatoms. The van der Waals surface area contributed by atoms with Gasteiger partial charge in [0.15, 0.2) is 0 Å². The molecule has 1 amide bonds. The van der Waals surface area contributed by atoms with Crippen LogP contribution in [0.5, 0.6) is 0 Å². The average Bonchev–Trinajstić information content (AvgIpc) is 3.21. The Hall–Kier alpha value is -1.21. The van der Waals surface area contributed by atoms with Crippen LogP contribution in [0.3, 0.4) is 0 Å². The van der Waals surface area contributed by atoms with E-state index in [-0.39, 0.29) is 42.6 Å². The maximum Gasteiger partial charge on any atom is 0.271 e. The van der Waals surface area contributed by atoms with E-state index in [0.29, 0.717) is 28.7 Å². The van der Waals surface area contributed by atoms with Crippen LogP contribution >= 0.6 is 36.2 Å². The van der Waals surface area contributed by atoms with Gasteiger partial charge in [-0.15, -0.1) is 36.2 Å². The molecule has 1 saturated carbocycles. The Bertz CT molecular complexity index is 664. The summed E-state index contributed by atoms with van der Waals surface area (Å²) in [5.41, 5.74) is 6.41. The zero-order valence-corrected chi connectivity index (χ0v) is 14.6. The van der Waals surface area contributed by atoms with Gasteiger partial charge in [-0.05, 0) is 30.9 Å². The number of nitrogens with zero attached hydrogens (tertiary/aromatic N) is 1. The zero-order valence-electron chi connectivity index (χ0n) is 12.2. The van der Waals surface area contributed by atoms with Crippen LogP contribution in [-0.4, -0.2) is 23.5 Å². The molecule has 126 valence electrons. The highest BCUT2D eigenvalue weighted by atomic mass is 35.5. The third-order valence-electron chi connectivity index (χ3n) is 3.60. The van der Waals surface area contributed by atoms with Crippen LogP contribution in [0.4, 0.5) is 4.39 Å². The number of amides is 1. The largest absolute Gasteiger partial charge is 0.346 e. The second-order valence-electron chi connectivity index (χ2n) is 5.17. The minimum atomic E-state index is -0.336. The number of carbonyl (C=O) groups is 1. The number of rotatable bonds is 5. The van der Waals surface area contributed by atoms with Gasteiger partial charge in [0.2, 0.25) is 0 Å². The van der Waals surface area contributed by atoms with E-state index in [4.69, 9.17) is 5.73 Å². The molecular weight excluding hydrogens is 360 g/mol. The number of carbonyl (C=O) groups excluding carboxylic acids is 1. The van der Waals surface area contributed by atoms with Gasteiger partial charge in [-0.1, -0.05) is 12.1 Å². The normalized spacial score (nSPS) is 14.3. The summed E-state index contributed by atoms with van der Waals surface area (Å²) >= 11 is 1.26. The Morgan fingerprint density at radius 2 is 2.09 bits per heavy atom. The molecule has 3 N–H and O–H groups in total. The molecule has 0 radical (unpaired) electrons. The number of halogens is 3. The van der Waals surface area contributed by atoms with Crippen LogP contribution in [0.1, 0.15) is 23.3 Å². The van der Waals surface area contributed by atoms with Gasteiger partial charge in [-0.3, -0.25) is 4.79 Å². The van der Waals surface area contributed by atoms with Crippen LogP contribution in [0, 0.1) is 11.7 Å².